The maximum atomic E-state index is 10.5. The van der Waals surface area contributed by atoms with Gasteiger partial charge in [0.05, 0.1) is 9.40 Å². The normalized spacial score (nSPS) is 10.2. The van der Waals surface area contributed by atoms with Gasteiger partial charge in [-0.1, -0.05) is 12.1 Å². The SMILES string of the molecule is O=[N+]([O-])c1ccc(CCNc2ncncc2Br)cc1. The predicted molar refractivity (Wildman–Crippen MR) is 75.0 cm³/mol. The summed E-state index contributed by atoms with van der Waals surface area (Å²) in [5, 5.41) is 13.7. The van der Waals surface area contributed by atoms with Crippen molar-refractivity contribution in [3.63, 3.8) is 0 Å². The van der Waals surface area contributed by atoms with Gasteiger partial charge in [0.15, 0.2) is 0 Å². The third-order valence-electron chi connectivity index (χ3n) is 2.52. The summed E-state index contributed by atoms with van der Waals surface area (Å²) >= 11 is 3.35. The van der Waals surface area contributed by atoms with Crippen molar-refractivity contribution < 1.29 is 4.92 Å². The van der Waals surface area contributed by atoms with E-state index in [-0.39, 0.29) is 5.69 Å². The molecule has 19 heavy (non-hydrogen) atoms. The first-order valence-corrected chi connectivity index (χ1v) is 6.39. The van der Waals surface area contributed by atoms with E-state index in [1.54, 1.807) is 18.3 Å². The molecule has 1 N–H and O–H groups in total. The number of non-ortho nitro benzene ring substituents is 1. The fraction of sp³-hybridized carbons (Fsp3) is 0.167. The van der Waals surface area contributed by atoms with Crippen LogP contribution in [0.5, 0.6) is 0 Å². The van der Waals surface area contributed by atoms with Crippen LogP contribution in [0.3, 0.4) is 0 Å². The minimum absolute atomic E-state index is 0.107. The number of hydrogen-bond acceptors (Lipinski definition) is 5. The number of benzene rings is 1. The molecule has 0 amide bonds. The van der Waals surface area contributed by atoms with Gasteiger partial charge in [-0.2, -0.15) is 0 Å². The smallest absolute Gasteiger partial charge is 0.269 e. The molecule has 0 aliphatic carbocycles. The summed E-state index contributed by atoms with van der Waals surface area (Å²) in [6.45, 7) is 0.688. The van der Waals surface area contributed by atoms with Gasteiger partial charge in [-0.25, -0.2) is 9.97 Å². The number of hydrogen-bond donors (Lipinski definition) is 1. The number of aromatic nitrogens is 2. The molecule has 2 aromatic rings. The van der Waals surface area contributed by atoms with Crippen LogP contribution in [-0.2, 0) is 6.42 Å². The number of halogens is 1. The Hall–Kier alpha value is -2.02. The fourth-order valence-electron chi connectivity index (χ4n) is 1.55. The van der Waals surface area contributed by atoms with Gasteiger partial charge in [-0.3, -0.25) is 10.1 Å². The monoisotopic (exact) mass is 322 g/mol. The van der Waals surface area contributed by atoms with Crippen LogP contribution in [0.15, 0.2) is 41.3 Å². The summed E-state index contributed by atoms with van der Waals surface area (Å²) < 4.78 is 0.804. The summed E-state index contributed by atoms with van der Waals surface area (Å²) in [6, 6.07) is 6.54. The van der Waals surface area contributed by atoms with E-state index in [1.165, 1.54) is 18.5 Å². The molecule has 0 bridgehead atoms. The predicted octanol–water partition coefficient (Wildman–Crippen LogP) is 2.80. The number of nitrogens with zero attached hydrogens (tertiary/aromatic N) is 3. The average Bonchev–Trinajstić information content (AvgIpc) is 2.41. The van der Waals surface area contributed by atoms with Gasteiger partial charge in [0.2, 0.25) is 0 Å². The van der Waals surface area contributed by atoms with Gasteiger partial charge >= 0.3 is 0 Å². The summed E-state index contributed by atoms with van der Waals surface area (Å²) in [7, 11) is 0. The Morgan fingerprint density at radius 1 is 1.32 bits per heavy atom. The minimum Gasteiger partial charge on any atom is -0.369 e. The Morgan fingerprint density at radius 2 is 2.05 bits per heavy atom. The van der Waals surface area contributed by atoms with Crippen molar-refractivity contribution in [2.24, 2.45) is 0 Å². The van der Waals surface area contributed by atoms with E-state index in [0.717, 1.165) is 22.3 Å². The van der Waals surface area contributed by atoms with Gasteiger partial charge < -0.3 is 5.32 Å². The molecule has 98 valence electrons. The molecule has 2 rings (SSSR count). The van der Waals surface area contributed by atoms with Gasteiger partial charge in [0.25, 0.3) is 5.69 Å². The Kier molecular flexibility index (Phi) is 4.40. The molecule has 0 saturated carbocycles. The first kappa shape index (κ1) is 13.4. The molecule has 0 atom stereocenters. The number of nitro benzene ring substituents is 1. The molecule has 7 heteroatoms. The number of nitro groups is 1. The third-order valence-corrected chi connectivity index (χ3v) is 3.10. The standard InChI is InChI=1S/C12H11BrN4O2/c13-11-7-14-8-16-12(11)15-6-5-9-1-3-10(4-2-9)17(18)19/h1-4,7-8H,5-6H2,(H,14,15,16). The second kappa shape index (κ2) is 6.24. The highest BCUT2D eigenvalue weighted by Crippen LogP contribution is 2.17. The topological polar surface area (TPSA) is 81.0 Å². The Labute approximate surface area is 118 Å². The quantitative estimate of drug-likeness (QED) is 0.676. The van der Waals surface area contributed by atoms with Crippen molar-refractivity contribution in [3.8, 4) is 0 Å². The summed E-state index contributed by atoms with van der Waals surface area (Å²) in [4.78, 5) is 18.1. The van der Waals surface area contributed by atoms with E-state index < -0.39 is 4.92 Å². The van der Waals surface area contributed by atoms with E-state index in [2.05, 4.69) is 31.2 Å². The molecule has 0 aliphatic heterocycles. The molecule has 0 unspecified atom stereocenters. The van der Waals surface area contributed by atoms with E-state index in [4.69, 9.17) is 0 Å². The van der Waals surface area contributed by atoms with E-state index >= 15 is 0 Å². The summed E-state index contributed by atoms with van der Waals surface area (Å²) in [6.07, 6.45) is 3.90. The lowest BCUT2D eigenvalue weighted by Crippen LogP contribution is -2.07. The van der Waals surface area contributed by atoms with Crippen molar-refractivity contribution in [3.05, 3.63) is 56.9 Å². The van der Waals surface area contributed by atoms with Crippen LogP contribution in [0.4, 0.5) is 11.5 Å². The van der Waals surface area contributed by atoms with Crippen molar-refractivity contribution in [2.75, 3.05) is 11.9 Å². The van der Waals surface area contributed by atoms with Crippen LogP contribution in [-0.4, -0.2) is 21.4 Å². The molecule has 0 saturated heterocycles. The zero-order valence-electron chi connectivity index (χ0n) is 9.91. The summed E-state index contributed by atoms with van der Waals surface area (Å²) in [5.41, 5.74) is 1.14. The van der Waals surface area contributed by atoms with Crippen molar-refractivity contribution in [2.45, 2.75) is 6.42 Å². The average molecular weight is 323 g/mol. The van der Waals surface area contributed by atoms with E-state index in [1.807, 2.05) is 0 Å². The van der Waals surface area contributed by atoms with Crippen LogP contribution >= 0.6 is 15.9 Å². The molecule has 0 radical (unpaired) electrons. The second-order valence-corrected chi connectivity index (χ2v) is 4.67. The van der Waals surface area contributed by atoms with Crippen molar-refractivity contribution >= 4 is 27.4 Å². The zero-order valence-corrected chi connectivity index (χ0v) is 11.5. The fourth-order valence-corrected chi connectivity index (χ4v) is 1.91. The first-order valence-electron chi connectivity index (χ1n) is 5.59. The Balaban J connectivity index is 1.89. The van der Waals surface area contributed by atoms with E-state index in [0.29, 0.717) is 6.54 Å². The highest BCUT2D eigenvalue weighted by atomic mass is 79.9. The molecular formula is C12H11BrN4O2. The zero-order chi connectivity index (χ0) is 13.7. The third kappa shape index (κ3) is 3.72. The van der Waals surface area contributed by atoms with Crippen LogP contribution in [0.2, 0.25) is 0 Å². The summed E-state index contributed by atoms with van der Waals surface area (Å²) in [5.74, 6) is 0.733. The van der Waals surface area contributed by atoms with Crippen LogP contribution in [0.25, 0.3) is 0 Å². The van der Waals surface area contributed by atoms with Gasteiger partial charge in [0.1, 0.15) is 12.1 Å². The molecule has 1 aromatic heterocycles. The van der Waals surface area contributed by atoms with Gasteiger partial charge in [-0.05, 0) is 27.9 Å². The molecule has 0 fully saturated rings. The molecule has 0 aliphatic rings. The molecule has 1 heterocycles. The highest BCUT2D eigenvalue weighted by molar-refractivity contribution is 9.10. The van der Waals surface area contributed by atoms with Crippen LogP contribution < -0.4 is 5.32 Å². The second-order valence-electron chi connectivity index (χ2n) is 3.82. The Bertz CT molecular complexity index is 574. The lowest BCUT2D eigenvalue weighted by Gasteiger charge is -2.06. The van der Waals surface area contributed by atoms with E-state index in [9.17, 15) is 10.1 Å². The lowest BCUT2D eigenvalue weighted by molar-refractivity contribution is -0.384. The largest absolute Gasteiger partial charge is 0.369 e. The first-order chi connectivity index (χ1) is 9.16. The molecule has 6 nitrogen and oxygen atoms in total. The molecular weight excluding hydrogens is 312 g/mol. The van der Waals surface area contributed by atoms with Crippen LogP contribution in [0, 0.1) is 10.1 Å². The minimum atomic E-state index is -0.403. The van der Waals surface area contributed by atoms with Gasteiger partial charge in [0, 0.05) is 24.9 Å². The highest BCUT2D eigenvalue weighted by Gasteiger charge is 2.04. The maximum absolute atomic E-state index is 10.5. The van der Waals surface area contributed by atoms with Crippen molar-refractivity contribution in [1.82, 2.24) is 9.97 Å². The van der Waals surface area contributed by atoms with Gasteiger partial charge in [-0.15, -0.1) is 0 Å². The Morgan fingerprint density at radius 3 is 2.68 bits per heavy atom. The maximum Gasteiger partial charge on any atom is 0.269 e. The van der Waals surface area contributed by atoms with Crippen LogP contribution in [0.1, 0.15) is 5.56 Å². The number of rotatable bonds is 5. The molecule has 0 spiro atoms. The number of nitrogens with one attached hydrogen (secondary N) is 1. The molecule has 1 aromatic carbocycles. The van der Waals surface area contributed by atoms with Crippen molar-refractivity contribution in [1.29, 1.82) is 0 Å². The lowest BCUT2D eigenvalue weighted by atomic mass is 10.1. The number of anilines is 1.